The monoisotopic (exact) mass is 361 g/mol. The average molecular weight is 361 g/mol. The summed E-state index contributed by atoms with van der Waals surface area (Å²) in [6.07, 6.45) is 2.03. The van der Waals surface area contributed by atoms with Crippen molar-refractivity contribution in [2.45, 2.75) is 25.5 Å². The first-order chi connectivity index (χ1) is 12.7. The van der Waals surface area contributed by atoms with Crippen LogP contribution in [0.15, 0.2) is 36.4 Å². The van der Waals surface area contributed by atoms with Crippen molar-refractivity contribution < 1.29 is 13.5 Å². The Kier molecular flexibility index (Phi) is 4.46. The van der Waals surface area contributed by atoms with Crippen LogP contribution in [-0.2, 0) is 0 Å². The van der Waals surface area contributed by atoms with Gasteiger partial charge in [0.2, 0.25) is 0 Å². The van der Waals surface area contributed by atoms with Crippen LogP contribution in [0.25, 0.3) is 5.65 Å². The molecule has 1 aromatic carbocycles. The van der Waals surface area contributed by atoms with Gasteiger partial charge in [-0.3, -0.25) is 0 Å². The Morgan fingerprint density at radius 2 is 2.00 bits per heavy atom. The zero-order valence-electron chi connectivity index (χ0n) is 13.8. The van der Waals surface area contributed by atoms with Gasteiger partial charge in [-0.05, 0) is 59.7 Å². The molecule has 1 atom stereocenters. The van der Waals surface area contributed by atoms with E-state index in [-0.39, 0.29) is 11.8 Å². The van der Waals surface area contributed by atoms with E-state index in [0.717, 1.165) is 31.6 Å². The molecule has 0 spiro atoms. The molecule has 3 heterocycles. The summed E-state index contributed by atoms with van der Waals surface area (Å²) in [6.45, 7) is -1.12. The van der Waals surface area contributed by atoms with E-state index in [2.05, 4.69) is 35.6 Å². The Bertz CT molecular complexity index is 870. The predicted octanol–water partition coefficient (Wildman–Crippen LogP) is 2.20. The minimum absolute atomic E-state index is 0.161. The average Bonchev–Trinajstić information content (AvgIpc) is 3.10. The third kappa shape index (κ3) is 3.63. The Balaban J connectivity index is 1.41. The number of halogens is 2. The summed E-state index contributed by atoms with van der Waals surface area (Å²) in [4.78, 5) is 2.21. The first kappa shape index (κ1) is 16.4. The molecule has 1 unspecified atom stereocenters. The van der Waals surface area contributed by atoms with Crippen LogP contribution in [0.1, 0.15) is 12.8 Å². The van der Waals surface area contributed by atoms with Gasteiger partial charge in [0.15, 0.2) is 5.65 Å². The van der Waals surface area contributed by atoms with Crippen LogP contribution >= 0.6 is 0 Å². The molecule has 0 amide bonds. The summed E-state index contributed by atoms with van der Waals surface area (Å²) in [6, 6.07) is 10.6. The van der Waals surface area contributed by atoms with Gasteiger partial charge in [-0.1, -0.05) is 0 Å². The van der Waals surface area contributed by atoms with E-state index < -0.39 is 6.61 Å². The SMILES string of the molecule is FC(F)Oc1ccc(N2CCCC(Nc3ccc4nnnn4n3)C2)cc1. The van der Waals surface area contributed by atoms with Crippen LogP contribution < -0.4 is 15.0 Å². The molecule has 1 aliphatic heterocycles. The molecule has 10 heteroatoms. The summed E-state index contributed by atoms with van der Waals surface area (Å²) in [7, 11) is 0. The van der Waals surface area contributed by atoms with E-state index in [1.165, 1.54) is 4.63 Å². The molecule has 3 aromatic rings. The smallest absolute Gasteiger partial charge is 0.387 e. The number of aromatic nitrogens is 5. The minimum Gasteiger partial charge on any atom is -0.435 e. The Hall–Kier alpha value is -3.04. The van der Waals surface area contributed by atoms with Crippen molar-refractivity contribution in [3.63, 3.8) is 0 Å². The second-order valence-corrected chi connectivity index (χ2v) is 6.05. The van der Waals surface area contributed by atoms with Gasteiger partial charge in [0.25, 0.3) is 0 Å². The normalized spacial score (nSPS) is 17.7. The van der Waals surface area contributed by atoms with Crippen LogP contribution in [0.4, 0.5) is 20.3 Å². The van der Waals surface area contributed by atoms with Gasteiger partial charge in [0.1, 0.15) is 11.6 Å². The van der Waals surface area contributed by atoms with Gasteiger partial charge in [0, 0.05) is 24.8 Å². The molecule has 4 rings (SSSR count). The van der Waals surface area contributed by atoms with Crippen LogP contribution in [0.5, 0.6) is 5.75 Å². The van der Waals surface area contributed by atoms with Crippen molar-refractivity contribution in [2.75, 3.05) is 23.3 Å². The van der Waals surface area contributed by atoms with Crippen molar-refractivity contribution in [1.29, 1.82) is 0 Å². The quantitative estimate of drug-likeness (QED) is 0.746. The van der Waals surface area contributed by atoms with Crippen molar-refractivity contribution in [3.05, 3.63) is 36.4 Å². The van der Waals surface area contributed by atoms with Crippen LogP contribution in [0.3, 0.4) is 0 Å². The summed E-state index contributed by atoms with van der Waals surface area (Å²) < 4.78 is 30.3. The van der Waals surface area contributed by atoms with Crippen LogP contribution in [0.2, 0.25) is 0 Å². The number of alkyl halides is 2. The topological polar surface area (TPSA) is 80.5 Å². The highest BCUT2D eigenvalue weighted by Gasteiger charge is 2.21. The largest absolute Gasteiger partial charge is 0.435 e. The Labute approximate surface area is 147 Å². The number of nitrogens with one attached hydrogen (secondary N) is 1. The highest BCUT2D eigenvalue weighted by Crippen LogP contribution is 2.24. The maximum atomic E-state index is 12.2. The number of hydrogen-bond donors (Lipinski definition) is 1. The number of piperidine rings is 1. The van der Waals surface area contributed by atoms with Crippen molar-refractivity contribution in [1.82, 2.24) is 25.3 Å². The number of rotatable bonds is 5. The summed E-state index contributed by atoms with van der Waals surface area (Å²) in [5.74, 6) is 0.867. The maximum absolute atomic E-state index is 12.2. The standard InChI is InChI=1S/C16H17F2N7O/c17-16(18)26-13-5-3-12(4-6-13)24-9-1-2-11(10-24)19-14-7-8-15-20-22-23-25(15)21-14/h3-8,11,16H,1-2,9-10H2,(H,19,21). The molecule has 136 valence electrons. The molecule has 0 radical (unpaired) electrons. The van der Waals surface area contributed by atoms with Gasteiger partial charge < -0.3 is 15.0 Å². The van der Waals surface area contributed by atoms with E-state index in [1.54, 1.807) is 30.3 Å². The number of ether oxygens (including phenoxy) is 1. The van der Waals surface area contributed by atoms with Gasteiger partial charge in [-0.15, -0.1) is 14.8 Å². The summed E-state index contributed by atoms with van der Waals surface area (Å²) in [5.41, 5.74) is 1.56. The number of benzene rings is 1. The maximum Gasteiger partial charge on any atom is 0.387 e. The molecule has 8 nitrogen and oxygen atoms in total. The highest BCUT2D eigenvalue weighted by molar-refractivity contribution is 5.50. The van der Waals surface area contributed by atoms with Crippen LogP contribution in [0, 0.1) is 0 Å². The second kappa shape index (κ2) is 7.06. The Morgan fingerprint density at radius 3 is 2.81 bits per heavy atom. The molecule has 1 N–H and O–H groups in total. The zero-order valence-corrected chi connectivity index (χ0v) is 13.8. The molecule has 1 fully saturated rings. The molecule has 0 saturated carbocycles. The van der Waals surface area contributed by atoms with Crippen molar-refractivity contribution in [3.8, 4) is 5.75 Å². The lowest BCUT2D eigenvalue weighted by Crippen LogP contribution is -2.42. The highest BCUT2D eigenvalue weighted by atomic mass is 19.3. The number of nitrogens with zero attached hydrogens (tertiary/aromatic N) is 6. The molecule has 1 saturated heterocycles. The van der Waals surface area contributed by atoms with E-state index in [9.17, 15) is 8.78 Å². The fraction of sp³-hybridized carbons (Fsp3) is 0.375. The van der Waals surface area contributed by atoms with E-state index >= 15 is 0 Å². The lowest BCUT2D eigenvalue weighted by molar-refractivity contribution is -0.0498. The first-order valence-corrected chi connectivity index (χ1v) is 8.29. The fourth-order valence-electron chi connectivity index (χ4n) is 3.10. The molecular weight excluding hydrogens is 344 g/mol. The second-order valence-electron chi connectivity index (χ2n) is 6.05. The number of tetrazole rings is 1. The molecule has 0 aliphatic carbocycles. The third-order valence-electron chi connectivity index (χ3n) is 4.27. The van der Waals surface area contributed by atoms with E-state index in [4.69, 9.17) is 0 Å². The van der Waals surface area contributed by atoms with Gasteiger partial charge in [-0.25, -0.2) is 0 Å². The van der Waals surface area contributed by atoms with Crippen molar-refractivity contribution >= 4 is 17.2 Å². The predicted molar refractivity (Wildman–Crippen MR) is 90.5 cm³/mol. The molecular formula is C16H17F2N7O. The summed E-state index contributed by atoms with van der Waals surface area (Å²) in [5, 5.41) is 18.9. The molecule has 2 aromatic heterocycles. The minimum atomic E-state index is -2.81. The third-order valence-corrected chi connectivity index (χ3v) is 4.27. The fourth-order valence-corrected chi connectivity index (χ4v) is 3.10. The lowest BCUT2D eigenvalue weighted by Gasteiger charge is -2.35. The zero-order chi connectivity index (χ0) is 17.9. The van der Waals surface area contributed by atoms with Crippen molar-refractivity contribution in [2.24, 2.45) is 0 Å². The van der Waals surface area contributed by atoms with Crippen LogP contribution in [-0.4, -0.2) is 51.0 Å². The lowest BCUT2D eigenvalue weighted by atomic mass is 10.0. The van der Waals surface area contributed by atoms with E-state index in [0.29, 0.717) is 11.5 Å². The first-order valence-electron chi connectivity index (χ1n) is 8.29. The van der Waals surface area contributed by atoms with E-state index in [1.807, 2.05) is 6.07 Å². The summed E-state index contributed by atoms with van der Waals surface area (Å²) >= 11 is 0. The molecule has 1 aliphatic rings. The number of fused-ring (bicyclic) bond motifs is 1. The number of hydrogen-bond acceptors (Lipinski definition) is 7. The van der Waals surface area contributed by atoms with Gasteiger partial charge >= 0.3 is 6.61 Å². The van der Waals surface area contributed by atoms with Gasteiger partial charge in [-0.2, -0.15) is 8.78 Å². The molecule has 0 bridgehead atoms. The Morgan fingerprint density at radius 1 is 1.15 bits per heavy atom. The van der Waals surface area contributed by atoms with Gasteiger partial charge in [0.05, 0.1) is 0 Å². The number of anilines is 2. The molecule has 26 heavy (non-hydrogen) atoms.